The number of rotatable bonds is 7. The minimum absolute atomic E-state index is 0.0216. The summed E-state index contributed by atoms with van der Waals surface area (Å²) < 4.78 is 34.1. The van der Waals surface area contributed by atoms with Crippen molar-refractivity contribution in [2.45, 2.75) is 55.1 Å². The van der Waals surface area contributed by atoms with Gasteiger partial charge in [-0.05, 0) is 67.6 Å². The smallest absolute Gasteiger partial charge is 0.241 e. The van der Waals surface area contributed by atoms with Crippen LogP contribution in [0.15, 0.2) is 53.4 Å². The number of halogens is 1. The molecule has 1 aliphatic carbocycles. The highest BCUT2D eigenvalue weighted by molar-refractivity contribution is 7.89. The summed E-state index contributed by atoms with van der Waals surface area (Å²) in [6.45, 7) is 0.851. The Bertz CT molecular complexity index is 1110. The standard InChI is InChI=1S/C25H31ClN2O5S/c1-33-21-9-11-22(12-10-21)34(31,32)27-23(16-18-5-7-20(26)8-6-18)24(29)28-15-14-25(30)13-3-2-4-19(25)17-28/h5-12,19,23,27,30H,2-4,13-17H2,1H3/t19-,23+,25+/m0/s1. The number of fused-ring (bicyclic) bond motifs is 1. The van der Waals surface area contributed by atoms with Crippen molar-refractivity contribution in [1.29, 1.82) is 0 Å². The summed E-state index contributed by atoms with van der Waals surface area (Å²) in [5.74, 6) is 0.286. The molecule has 0 spiro atoms. The first kappa shape index (κ1) is 25.0. The Labute approximate surface area is 206 Å². The first-order valence-electron chi connectivity index (χ1n) is 11.6. The number of sulfonamides is 1. The molecule has 0 radical (unpaired) electrons. The normalized spacial score (nSPS) is 23.7. The van der Waals surface area contributed by atoms with Crippen LogP contribution in [0.2, 0.25) is 5.02 Å². The van der Waals surface area contributed by atoms with Gasteiger partial charge >= 0.3 is 0 Å². The highest BCUT2D eigenvalue weighted by atomic mass is 35.5. The first-order chi connectivity index (χ1) is 16.2. The molecular weight excluding hydrogens is 476 g/mol. The predicted octanol–water partition coefficient (Wildman–Crippen LogP) is 3.39. The van der Waals surface area contributed by atoms with E-state index in [1.165, 1.54) is 19.2 Å². The second-order valence-corrected chi connectivity index (χ2v) is 11.4. The minimum Gasteiger partial charge on any atom is -0.497 e. The average molecular weight is 507 g/mol. The summed E-state index contributed by atoms with van der Waals surface area (Å²) in [4.78, 5) is 15.4. The fraction of sp³-hybridized carbons (Fsp3) is 0.480. The van der Waals surface area contributed by atoms with Crippen molar-refractivity contribution < 1.29 is 23.1 Å². The lowest BCUT2D eigenvalue weighted by Crippen LogP contribution is -2.58. The summed E-state index contributed by atoms with van der Waals surface area (Å²) in [5.41, 5.74) is 0.0786. The Hall–Kier alpha value is -2.13. The molecule has 3 atom stereocenters. The zero-order valence-electron chi connectivity index (χ0n) is 19.2. The molecule has 0 unspecified atom stereocenters. The second-order valence-electron chi connectivity index (χ2n) is 9.26. The Morgan fingerprint density at radius 3 is 2.56 bits per heavy atom. The number of nitrogens with one attached hydrogen (secondary N) is 1. The van der Waals surface area contributed by atoms with Crippen LogP contribution in [0.3, 0.4) is 0 Å². The molecule has 184 valence electrons. The van der Waals surface area contributed by atoms with Crippen LogP contribution in [-0.4, -0.2) is 56.2 Å². The van der Waals surface area contributed by atoms with E-state index in [0.717, 1.165) is 31.2 Å². The molecule has 2 aromatic rings. The molecule has 1 heterocycles. The number of likely N-dealkylation sites (tertiary alicyclic amines) is 1. The number of piperidine rings is 1. The van der Waals surface area contributed by atoms with Crippen LogP contribution in [0.25, 0.3) is 0 Å². The number of aliphatic hydroxyl groups is 1. The number of methoxy groups -OCH3 is 1. The molecule has 0 bridgehead atoms. The minimum atomic E-state index is -3.96. The molecule has 7 nitrogen and oxygen atoms in total. The van der Waals surface area contributed by atoms with E-state index in [4.69, 9.17) is 16.3 Å². The van der Waals surface area contributed by atoms with Gasteiger partial charge in [0.1, 0.15) is 11.8 Å². The molecule has 1 saturated carbocycles. The van der Waals surface area contributed by atoms with Gasteiger partial charge in [-0.2, -0.15) is 4.72 Å². The fourth-order valence-corrected chi connectivity index (χ4v) is 6.35. The van der Waals surface area contributed by atoms with Gasteiger partial charge in [0, 0.05) is 24.0 Å². The zero-order valence-corrected chi connectivity index (χ0v) is 20.8. The van der Waals surface area contributed by atoms with E-state index in [0.29, 0.717) is 30.3 Å². The highest BCUT2D eigenvalue weighted by Gasteiger charge is 2.44. The third-order valence-corrected chi connectivity index (χ3v) is 8.80. The van der Waals surface area contributed by atoms with Crippen LogP contribution < -0.4 is 9.46 Å². The van der Waals surface area contributed by atoms with E-state index >= 15 is 0 Å². The van der Waals surface area contributed by atoms with Crippen molar-refractivity contribution in [1.82, 2.24) is 9.62 Å². The van der Waals surface area contributed by atoms with Gasteiger partial charge in [-0.15, -0.1) is 0 Å². The summed E-state index contributed by atoms with van der Waals surface area (Å²) in [5, 5.41) is 11.6. The monoisotopic (exact) mass is 506 g/mol. The number of benzene rings is 2. The number of amides is 1. The number of hydrogen-bond acceptors (Lipinski definition) is 5. The number of carbonyl (C=O) groups excluding carboxylic acids is 1. The summed E-state index contributed by atoms with van der Waals surface area (Å²) >= 11 is 6.00. The Balaban J connectivity index is 1.57. The molecule has 0 aromatic heterocycles. The molecule has 2 aromatic carbocycles. The lowest BCUT2D eigenvalue weighted by atomic mass is 9.71. The maximum absolute atomic E-state index is 13.6. The predicted molar refractivity (Wildman–Crippen MR) is 130 cm³/mol. The summed E-state index contributed by atoms with van der Waals surface area (Å²) in [6.07, 6.45) is 4.38. The molecule has 2 fully saturated rings. The number of ether oxygens (including phenoxy) is 1. The first-order valence-corrected chi connectivity index (χ1v) is 13.5. The Morgan fingerprint density at radius 1 is 1.18 bits per heavy atom. The van der Waals surface area contributed by atoms with Gasteiger partial charge in [-0.1, -0.05) is 36.6 Å². The number of carbonyl (C=O) groups is 1. The van der Waals surface area contributed by atoms with Crippen molar-refractivity contribution in [3.63, 3.8) is 0 Å². The van der Waals surface area contributed by atoms with Gasteiger partial charge in [0.25, 0.3) is 0 Å². The van der Waals surface area contributed by atoms with Crippen LogP contribution in [0.4, 0.5) is 0 Å². The van der Waals surface area contributed by atoms with Crippen LogP contribution in [0.1, 0.15) is 37.7 Å². The lowest BCUT2D eigenvalue weighted by molar-refractivity contribution is -0.145. The van der Waals surface area contributed by atoms with Crippen LogP contribution in [0, 0.1) is 5.92 Å². The van der Waals surface area contributed by atoms with E-state index in [9.17, 15) is 18.3 Å². The fourth-order valence-electron chi connectivity index (χ4n) is 5.04. The van der Waals surface area contributed by atoms with Gasteiger partial charge in [0.15, 0.2) is 0 Å². The molecule has 34 heavy (non-hydrogen) atoms. The van der Waals surface area contributed by atoms with Crippen molar-refractivity contribution >= 4 is 27.5 Å². The van der Waals surface area contributed by atoms with E-state index in [1.807, 2.05) is 0 Å². The molecule has 4 rings (SSSR count). The average Bonchev–Trinajstić information content (AvgIpc) is 2.84. The maximum Gasteiger partial charge on any atom is 0.241 e. The third kappa shape index (κ3) is 5.57. The number of hydrogen-bond donors (Lipinski definition) is 2. The summed E-state index contributed by atoms with van der Waals surface area (Å²) in [6, 6.07) is 12.1. The van der Waals surface area contributed by atoms with E-state index in [1.54, 1.807) is 41.3 Å². The molecule has 1 aliphatic heterocycles. The van der Waals surface area contributed by atoms with E-state index in [2.05, 4.69) is 4.72 Å². The van der Waals surface area contributed by atoms with Crippen LogP contribution in [-0.2, 0) is 21.2 Å². The molecular formula is C25H31ClN2O5S. The van der Waals surface area contributed by atoms with Gasteiger partial charge < -0.3 is 14.7 Å². The van der Waals surface area contributed by atoms with Crippen molar-refractivity contribution in [2.24, 2.45) is 5.92 Å². The third-order valence-electron chi connectivity index (χ3n) is 7.06. The lowest BCUT2D eigenvalue weighted by Gasteiger charge is -2.48. The van der Waals surface area contributed by atoms with Crippen LogP contribution in [0.5, 0.6) is 5.75 Å². The van der Waals surface area contributed by atoms with E-state index in [-0.39, 0.29) is 23.1 Å². The van der Waals surface area contributed by atoms with E-state index < -0.39 is 21.7 Å². The molecule has 2 N–H and O–H groups in total. The van der Waals surface area contributed by atoms with Gasteiger partial charge in [0.2, 0.25) is 15.9 Å². The molecule has 1 amide bonds. The van der Waals surface area contributed by atoms with Crippen molar-refractivity contribution in [2.75, 3.05) is 20.2 Å². The van der Waals surface area contributed by atoms with Crippen LogP contribution >= 0.6 is 11.6 Å². The summed E-state index contributed by atoms with van der Waals surface area (Å²) in [7, 11) is -2.45. The SMILES string of the molecule is COc1ccc(S(=O)(=O)N[C@H](Cc2ccc(Cl)cc2)C(=O)N2CC[C@]3(O)CCCC[C@H]3C2)cc1. The maximum atomic E-state index is 13.6. The Morgan fingerprint density at radius 2 is 1.88 bits per heavy atom. The van der Waals surface area contributed by atoms with Crippen molar-refractivity contribution in [3.05, 3.63) is 59.1 Å². The van der Waals surface area contributed by atoms with Gasteiger partial charge in [0.05, 0.1) is 17.6 Å². The van der Waals surface area contributed by atoms with Gasteiger partial charge in [-0.3, -0.25) is 4.79 Å². The molecule has 1 saturated heterocycles. The quantitative estimate of drug-likeness (QED) is 0.600. The topological polar surface area (TPSA) is 95.9 Å². The zero-order chi connectivity index (χ0) is 24.3. The number of nitrogens with zero attached hydrogens (tertiary/aromatic N) is 1. The molecule has 2 aliphatic rings. The van der Waals surface area contributed by atoms with Crippen molar-refractivity contribution in [3.8, 4) is 5.75 Å². The largest absolute Gasteiger partial charge is 0.497 e. The second kappa shape index (κ2) is 10.2. The highest BCUT2D eigenvalue weighted by Crippen LogP contribution is 2.40. The Kier molecular flexibility index (Phi) is 7.52. The van der Waals surface area contributed by atoms with Gasteiger partial charge in [-0.25, -0.2) is 8.42 Å². The molecule has 9 heteroatoms.